The second-order valence-electron chi connectivity index (χ2n) is 3.28. The Morgan fingerprint density at radius 1 is 1.33 bits per heavy atom. The molecule has 0 spiro atoms. The van der Waals surface area contributed by atoms with Crippen LogP contribution in [0.25, 0.3) is 0 Å². The molecule has 0 amide bonds. The molecule has 0 aliphatic rings. The Morgan fingerprint density at radius 3 is 2.93 bits per heavy atom. The quantitative estimate of drug-likeness (QED) is 0.796. The largest absolute Gasteiger partial charge is 0.508 e. The van der Waals surface area contributed by atoms with Gasteiger partial charge in [0.15, 0.2) is 0 Å². The first kappa shape index (κ1) is 9.73. The molecule has 4 nitrogen and oxygen atoms in total. The van der Waals surface area contributed by atoms with E-state index in [1.54, 1.807) is 18.2 Å². The van der Waals surface area contributed by atoms with Gasteiger partial charge in [0.05, 0.1) is 12.8 Å². The number of aliphatic hydroxyl groups is 1. The van der Waals surface area contributed by atoms with E-state index >= 15 is 0 Å². The first-order valence-electron chi connectivity index (χ1n) is 4.61. The van der Waals surface area contributed by atoms with E-state index in [-0.39, 0.29) is 12.4 Å². The van der Waals surface area contributed by atoms with E-state index in [1.807, 2.05) is 6.07 Å². The zero-order chi connectivity index (χ0) is 10.7. The first-order chi connectivity index (χ1) is 7.29. The van der Waals surface area contributed by atoms with Crippen LogP contribution in [0, 0.1) is 0 Å². The topological polar surface area (TPSA) is 66.5 Å². The normalized spacial score (nSPS) is 10.5. The van der Waals surface area contributed by atoms with Gasteiger partial charge >= 0.3 is 0 Å². The molecule has 2 N–H and O–H groups in total. The predicted molar refractivity (Wildman–Crippen MR) is 53.3 cm³/mol. The summed E-state index contributed by atoms with van der Waals surface area (Å²) in [6, 6.07) is 6.91. The predicted octanol–water partition coefficient (Wildman–Crippen LogP) is 1.46. The maximum atomic E-state index is 9.27. The molecule has 0 aliphatic heterocycles. The second kappa shape index (κ2) is 4.14. The van der Waals surface area contributed by atoms with Crippen molar-refractivity contribution in [3.63, 3.8) is 0 Å². The van der Waals surface area contributed by atoms with Crippen LogP contribution in [0.1, 0.15) is 16.9 Å². The number of benzene rings is 1. The van der Waals surface area contributed by atoms with Crippen molar-refractivity contribution in [1.82, 2.24) is 5.16 Å². The van der Waals surface area contributed by atoms with Crippen LogP contribution in [0.15, 0.2) is 35.0 Å². The molecule has 4 heteroatoms. The Morgan fingerprint density at radius 2 is 2.20 bits per heavy atom. The molecule has 2 aromatic rings. The molecule has 0 bridgehead atoms. The third-order valence-corrected chi connectivity index (χ3v) is 2.18. The first-order valence-corrected chi connectivity index (χ1v) is 4.61. The highest BCUT2D eigenvalue weighted by molar-refractivity contribution is 5.30. The lowest BCUT2D eigenvalue weighted by Gasteiger charge is -2.00. The summed E-state index contributed by atoms with van der Waals surface area (Å²) in [5.74, 6) is 0.848. The monoisotopic (exact) mass is 205 g/mol. The number of phenols is 1. The fraction of sp³-hybridized carbons (Fsp3) is 0.182. The Bertz CT molecular complexity index is 451. The molecule has 2 rings (SSSR count). The van der Waals surface area contributed by atoms with E-state index in [1.165, 1.54) is 6.20 Å². The zero-order valence-corrected chi connectivity index (χ0v) is 8.05. The molecular weight excluding hydrogens is 194 g/mol. The third kappa shape index (κ3) is 2.16. The zero-order valence-electron chi connectivity index (χ0n) is 8.05. The summed E-state index contributed by atoms with van der Waals surface area (Å²) in [5.41, 5.74) is 1.60. The van der Waals surface area contributed by atoms with Gasteiger partial charge in [-0.3, -0.25) is 0 Å². The maximum Gasteiger partial charge on any atom is 0.146 e. The minimum absolute atomic E-state index is 0.0857. The lowest BCUT2D eigenvalue weighted by Crippen LogP contribution is -1.91. The van der Waals surface area contributed by atoms with Gasteiger partial charge in [-0.2, -0.15) is 0 Å². The van der Waals surface area contributed by atoms with Crippen LogP contribution in [-0.2, 0) is 13.0 Å². The molecule has 0 fully saturated rings. The maximum absolute atomic E-state index is 9.27. The number of nitrogens with zero attached hydrogens (tertiary/aromatic N) is 1. The lowest BCUT2D eigenvalue weighted by molar-refractivity contribution is 0.277. The van der Waals surface area contributed by atoms with Crippen molar-refractivity contribution in [1.29, 1.82) is 0 Å². The van der Waals surface area contributed by atoms with Gasteiger partial charge in [-0.15, -0.1) is 0 Å². The van der Waals surface area contributed by atoms with Crippen molar-refractivity contribution >= 4 is 0 Å². The summed E-state index contributed by atoms with van der Waals surface area (Å²) in [7, 11) is 0. The molecule has 15 heavy (non-hydrogen) atoms. The summed E-state index contributed by atoms with van der Waals surface area (Å²) < 4.78 is 5.01. The van der Waals surface area contributed by atoms with Crippen LogP contribution in [0.5, 0.6) is 5.75 Å². The number of hydrogen-bond donors (Lipinski definition) is 2. The number of hydrogen-bond acceptors (Lipinski definition) is 4. The third-order valence-electron chi connectivity index (χ3n) is 2.18. The van der Waals surface area contributed by atoms with Gasteiger partial charge in [0.2, 0.25) is 0 Å². The van der Waals surface area contributed by atoms with Crippen LogP contribution in [-0.4, -0.2) is 15.4 Å². The van der Waals surface area contributed by atoms with Crippen LogP contribution < -0.4 is 0 Å². The molecule has 78 valence electrons. The van der Waals surface area contributed by atoms with Crippen LogP contribution in [0.3, 0.4) is 0 Å². The molecule has 1 aromatic carbocycles. The molecule has 0 saturated carbocycles. The Kier molecular flexibility index (Phi) is 2.69. The summed E-state index contributed by atoms with van der Waals surface area (Å²) in [6.07, 6.45) is 2.02. The van der Waals surface area contributed by atoms with Gasteiger partial charge < -0.3 is 14.7 Å². The highest BCUT2D eigenvalue weighted by Crippen LogP contribution is 2.17. The van der Waals surface area contributed by atoms with E-state index < -0.39 is 0 Å². The fourth-order valence-electron chi connectivity index (χ4n) is 1.41. The molecule has 0 atom stereocenters. The van der Waals surface area contributed by atoms with Crippen molar-refractivity contribution < 1.29 is 14.7 Å². The van der Waals surface area contributed by atoms with Crippen molar-refractivity contribution in [2.45, 2.75) is 13.0 Å². The number of aromatic hydroxyl groups is 1. The highest BCUT2D eigenvalue weighted by Gasteiger charge is 2.07. The van der Waals surface area contributed by atoms with Crippen molar-refractivity contribution in [2.24, 2.45) is 0 Å². The second-order valence-corrected chi connectivity index (χ2v) is 3.28. The van der Waals surface area contributed by atoms with Gasteiger partial charge in [-0.1, -0.05) is 17.3 Å². The Balaban J connectivity index is 2.22. The fourth-order valence-corrected chi connectivity index (χ4v) is 1.41. The SMILES string of the molecule is OCc1cnoc1Cc1cccc(O)c1. The molecule has 1 aromatic heterocycles. The van der Waals surface area contributed by atoms with Crippen LogP contribution in [0.4, 0.5) is 0 Å². The minimum Gasteiger partial charge on any atom is -0.508 e. The standard InChI is InChI=1S/C11H11NO3/c13-7-9-6-12-15-11(9)5-8-2-1-3-10(14)4-8/h1-4,6,13-14H,5,7H2. The van der Waals surface area contributed by atoms with Gasteiger partial charge in [0, 0.05) is 12.0 Å². The van der Waals surface area contributed by atoms with Gasteiger partial charge in [0.1, 0.15) is 11.5 Å². The smallest absolute Gasteiger partial charge is 0.146 e. The molecule has 0 saturated heterocycles. The lowest BCUT2D eigenvalue weighted by atomic mass is 10.1. The van der Waals surface area contributed by atoms with E-state index in [2.05, 4.69) is 5.16 Å². The van der Waals surface area contributed by atoms with Gasteiger partial charge in [0.25, 0.3) is 0 Å². The molecule has 0 radical (unpaired) electrons. The number of rotatable bonds is 3. The molecule has 0 aliphatic carbocycles. The highest BCUT2D eigenvalue weighted by atomic mass is 16.5. The summed E-state index contributed by atoms with van der Waals surface area (Å²) in [4.78, 5) is 0. The molecule has 0 unspecified atom stereocenters. The average Bonchev–Trinajstić information content (AvgIpc) is 2.65. The number of aliphatic hydroxyl groups excluding tert-OH is 1. The molecular formula is C11H11NO3. The van der Waals surface area contributed by atoms with Gasteiger partial charge in [-0.05, 0) is 17.7 Å². The summed E-state index contributed by atoms with van der Waals surface area (Å²) in [6.45, 7) is -0.0857. The van der Waals surface area contributed by atoms with E-state index in [0.29, 0.717) is 17.7 Å². The summed E-state index contributed by atoms with van der Waals surface area (Å²) in [5, 5.41) is 21.9. The van der Waals surface area contributed by atoms with Crippen LogP contribution in [0.2, 0.25) is 0 Å². The summed E-state index contributed by atoms with van der Waals surface area (Å²) >= 11 is 0. The minimum atomic E-state index is -0.0857. The number of aromatic nitrogens is 1. The van der Waals surface area contributed by atoms with E-state index in [0.717, 1.165) is 5.56 Å². The Labute approximate surface area is 86.8 Å². The molecule has 1 heterocycles. The van der Waals surface area contributed by atoms with Crippen molar-refractivity contribution in [3.05, 3.63) is 47.3 Å². The average molecular weight is 205 g/mol. The Hall–Kier alpha value is -1.81. The van der Waals surface area contributed by atoms with Crippen molar-refractivity contribution in [3.8, 4) is 5.75 Å². The van der Waals surface area contributed by atoms with E-state index in [9.17, 15) is 5.11 Å². The van der Waals surface area contributed by atoms with E-state index in [4.69, 9.17) is 9.63 Å². The van der Waals surface area contributed by atoms with Gasteiger partial charge in [-0.25, -0.2) is 0 Å². The number of phenolic OH excluding ortho intramolecular Hbond substituents is 1. The van der Waals surface area contributed by atoms with Crippen LogP contribution >= 0.6 is 0 Å². The van der Waals surface area contributed by atoms with Crippen molar-refractivity contribution in [2.75, 3.05) is 0 Å².